The molecule has 0 saturated heterocycles. The minimum atomic E-state index is 0.0243. The van der Waals surface area contributed by atoms with E-state index in [-0.39, 0.29) is 17.9 Å². The number of amides is 1. The van der Waals surface area contributed by atoms with Gasteiger partial charge in [-0.3, -0.25) is 4.79 Å². The van der Waals surface area contributed by atoms with Crippen molar-refractivity contribution in [3.63, 3.8) is 0 Å². The smallest absolute Gasteiger partial charge is 0.222 e. The summed E-state index contributed by atoms with van der Waals surface area (Å²) in [6.45, 7) is 7.15. The molecule has 0 aliphatic rings. The van der Waals surface area contributed by atoms with E-state index < -0.39 is 0 Å². The number of furan rings is 1. The fraction of sp³-hybridized carbons (Fsp3) is 0.438. The van der Waals surface area contributed by atoms with Crippen molar-refractivity contribution in [3.05, 3.63) is 34.5 Å². The molecule has 1 aromatic heterocycles. The van der Waals surface area contributed by atoms with Gasteiger partial charge in [0.25, 0.3) is 0 Å². The SMILES string of the molecule is CC(C)C(=O)NCCNC(C)c1cc2cc(Br)ccc2o1. The van der Waals surface area contributed by atoms with Gasteiger partial charge < -0.3 is 15.1 Å². The molecule has 2 aromatic rings. The number of nitrogens with one attached hydrogen (secondary N) is 2. The summed E-state index contributed by atoms with van der Waals surface area (Å²) in [5, 5.41) is 7.32. The molecule has 0 saturated carbocycles. The molecule has 1 amide bonds. The molecule has 4 nitrogen and oxygen atoms in total. The molecule has 114 valence electrons. The number of hydrogen-bond donors (Lipinski definition) is 2. The van der Waals surface area contributed by atoms with Gasteiger partial charge in [-0.25, -0.2) is 0 Å². The molecule has 0 aliphatic carbocycles. The molecule has 1 atom stereocenters. The van der Waals surface area contributed by atoms with E-state index in [1.807, 2.05) is 38.1 Å². The summed E-state index contributed by atoms with van der Waals surface area (Å²) >= 11 is 3.46. The first-order valence-corrected chi connectivity index (χ1v) is 7.96. The number of rotatable bonds is 6. The lowest BCUT2D eigenvalue weighted by Gasteiger charge is -2.12. The molecule has 0 radical (unpaired) electrons. The van der Waals surface area contributed by atoms with Crippen molar-refractivity contribution >= 4 is 32.8 Å². The second-order valence-electron chi connectivity index (χ2n) is 5.45. The summed E-state index contributed by atoms with van der Waals surface area (Å²) in [5.41, 5.74) is 0.884. The molecule has 0 aliphatic heterocycles. The molecule has 1 aromatic carbocycles. The molecule has 1 heterocycles. The summed E-state index contributed by atoms with van der Waals surface area (Å²) in [6.07, 6.45) is 0. The highest BCUT2D eigenvalue weighted by Crippen LogP contribution is 2.26. The lowest BCUT2D eigenvalue weighted by atomic mass is 10.2. The highest BCUT2D eigenvalue weighted by molar-refractivity contribution is 9.10. The van der Waals surface area contributed by atoms with Crippen molar-refractivity contribution in [3.8, 4) is 0 Å². The molecule has 0 spiro atoms. The van der Waals surface area contributed by atoms with E-state index in [1.165, 1.54) is 0 Å². The Labute approximate surface area is 133 Å². The van der Waals surface area contributed by atoms with E-state index in [2.05, 4.69) is 33.5 Å². The van der Waals surface area contributed by atoms with Crippen molar-refractivity contribution in [1.82, 2.24) is 10.6 Å². The summed E-state index contributed by atoms with van der Waals surface area (Å²) in [6, 6.07) is 8.11. The largest absolute Gasteiger partial charge is 0.459 e. The van der Waals surface area contributed by atoms with Gasteiger partial charge in [-0.1, -0.05) is 29.8 Å². The zero-order chi connectivity index (χ0) is 15.4. The van der Waals surface area contributed by atoms with Crippen LogP contribution < -0.4 is 10.6 Å². The van der Waals surface area contributed by atoms with Gasteiger partial charge >= 0.3 is 0 Å². The van der Waals surface area contributed by atoms with Crippen molar-refractivity contribution in [2.45, 2.75) is 26.8 Å². The second kappa shape index (κ2) is 7.09. The maximum absolute atomic E-state index is 11.4. The van der Waals surface area contributed by atoms with Crippen LogP contribution in [0.2, 0.25) is 0 Å². The molecule has 0 fully saturated rings. The van der Waals surface area contributed by atoms with Gasteiger partial charge in [-0.05, 0) is 31.2 Å². The van der Waals surface area contributed by atoms with Gasteiger partial charge in [-0.2, -0.15) is 0 Å². The molecule has 5 heteroatoms. The zero-order valence-electron chi connectivity index (χ0n) is 12.6. The van der Waals surface area contributed by atoms with E-state index >= 15 is 0 Å². The number of carbonyl (C=O) groups excluding carboxylic acids is 1. The topological polar surface area (TPSA) is 54.3 Å². The number of carbonyl (C=O) groups is 1. The van der Waals surface area contributed by atoms with Crippen LogP contribution in [0.15, 0.2) is 33.2 Å². The van der Waals surface area contributed by atoms with Crippen LogP contribution in [0.5, 0.6) is 0 Å². The predicted molar refractivity (Wildman–Crippen MR) is 88.2 cm³/mol. The Bertz CT molecular complexity index is 622. The normalized spacial score (nSPS) is 12.8. The third-order valence-electron chi connectivity index (χ3n) is 3.32. The second-order valence-corrected chi connectivity index (χ2v) is 6.37. The average Bonchev–Trinajstić information content (AvgIpc) is 2.85. The first kappa shape index (κ1) is 16.0. The fourth-order valence-electron chi connectivity index (χ4n) is 2.03. The Hall–Kier alpha value is -1.33. The van der Waals surface area contributed by atoms with Crippen LogP contribution in [0, 0.1) is 5.92 Å². The Kier molecular flexibility index (Phi) is 5.42. The Morgan fingerprint density at radius 3 is 2.71 bits per heavy atom. The van der Waals surface area contributed by atoms with Crippen LogP contribution in [0.4, 0.5) is 0 Å². The third kappa shape index (κ3) is 4.32. The summed E-state index contributed by atoms with van der Waals surface area (Å²) < 4.78 is 6.87. The van der Waals surface area contributed by atoms with Crippen LogP contribution in [-0.2, 0) is 4.79 Å². The molecule has 2 rings (SSSR count). The molecule has 2 N–H and O–H groups in total. The number of fused-ring (bicyclic) bond motifs is 1. The van der Waals surface area contributed by atoms with Crippen molar-refractivity contribution in [2.24, 2.45) is 5.92 Å². The van der Waals surface area contributed by atoms with E-state index in [0.29, 0.717) is 13.1 Å². The van der Waals surface area contributed by atoms with Crippen molar-refractivity contribution in [1.29, 1.82) is 0 Å². The first-order valence-electron chi connectivity index (χ1n) is 7.17. The number of halogens is 1. The minimum absolute atomic E-state index is 0.0243. The van der Waals surface area contributed by atoms with Gasteiger partial charge in [0.05, 0.1) is 6.04 Å². The maximum Gasteiger partial charge on any atom is 0.222 e. The Morgan fingerprint density at radius 2 is 2.00 bits per heavy atom. The van der Waals surface area contributed by atoms with E-state index in [0.717, 1.165) is 21.2 Å². The van der Waals surface area contributed by atoms with Crippen molar-refractivity contribution < 1.29 is 9.21 Å². The van der Waals surface area contributed by atoms with Gasteiger partial charge in [0, 0.05) is 28.9 Å². The highest BCUT2D eigenvalue weighted by Gasteiger charge is 2.11. The van der Waals surface area contributed by atoms with E-state index in [9.17, 15) is 4.79 Å². The quantitative estimate of drug-likeness (QED) is 0.780. The first-order chi connectivity index (χ1) is 9.97. The van der Waals surface area contributed by atoms with Gasteiger partial charge in [0.15, 0.2) is 0 Å². The standard InChI is InChI=1S/C16H21BrN2O2/c1-10(2)16(20)19-7-6-18-11(3)15-9-12-8-13(17)4-5-14(12)21-15/h4-5,8-11,18H,6-7H2,1-3H3,(H,19,20). The fourth-order valence-corrected chi connectivity index (χ4v) is 2.41. The van der Waals surface area contributed by atoms with Crippen molar-refractivity contribution in [2.75, 3.05) is 13.1 Å². The maximum atomic E-state index is 11.4. The van der Waals surface area contributed by atoms with Gasteiger partial charge in [-0.15, -0.1) is 0 Å². The summed E-state index contributed by atoms with van der Waals surface area (Å²) in [4.78, 5) is 11.4. The molecule has 1 unspecified atom stereocenters. The van der Waals surface area contributed by atoms with Gasteiger partial charge in [0.2, 0.25) is 5.91 Å². The molecular formula is C16H21BrN2O2. The summed E-state index contributed by atoms with van der Waals surface area (Å²) in [5.74, 6) is 1.01. The molecule has 0 bridgehead atoms. The molecular weight excluding hydrogens is 332 g/mol. The van der Waals surface area contributed by atoms with Crippen LogP contribution in [0.1, 0.15) is 32.6 Å². The Balaban J connectivity index is 1.87. The predicted octanol–water partition coefficient (Wildman–Crippen LogP) is 3.62. The number of benzene rings is 1. The number of hydrogen-bond acceptors (Lipinski definition) is 3. The zero-order valence-corrected chi connectivity index (χ0v) is 14.2. The summed E-state index contributed by atoms with van der Waals surface area (Å²) in [7, 11) is 0. The van der Waals surface area contributed by atoms with Crippen LogP contribution >= 0.6 is 15.9 Å². The lowest BCUT2D eigenvalue weighted by Crippen LogP contribution is -2.34. The van der Waals surface area contributed by atoms with Gasteiger partial charge in [0.1, 0.15) is 11.3 Å². The average molecular weight is 353 g/mol. The Morgan fingerprint density at radius 1 is 1.24 bits per heavy atom. The lowest BCUT2D eigenvalue weighted by molar-refractivity contribution is -0.123. The van der Waals surface area contributed by atoms with E-state index in [4.69, 9.17) is 4.42 Å². The van der Waals surface area contributed by atoms with E-state index in [1.54, 1.807) is 0 Å². The molecule has 21 heavy (non-hydrogen) atoms. The minimum Gasteiger partial charge on any atom is -0.459 e. The van der Waals surface area contributed by atoms with Crippen LogP contribution in [0.25, 0.3) is 11.0 Å². The highest BCUT2D eigenvalue weighted by atomic mass is 79.9. The monoisotopic (exact) mass is 352 g/mol. The van der Waals surface area contributed by atoms with Crippen LogP contribution in [-0.4, -0.2) is 19.0 Å². The van der Waals surface area contributed by atoms with Crippen LogP contribution in [0.3, 0.4) is 0 Å². The third-order valence-corrected chi connectivity index (χ3v) is 3.82.